The van der Waals surface area contributed by atoms with E-state index in [1.54, 1.807) is 71.2 Å². The first-order valence-electron chi connectivity index (χ1n) is 19.5. The third kappa shape index (κ3) is 18.4. The van der Waals surface area contributed by atoms with Gasteiger partial charge in [0.15, 0.2) is 5.78 Å². The summed E-state index contributed by atoms with van der Waals surface area (Å²) in [6.07, 6.45) is 2.14. The molecule has 16 heteroatoms. The molecule has 3 amide bonds. The van der Waals surface area contributed by atoms with Crippen molar-refractivity contribution in [1.82, 2.24) is 21.1 Å². The number of methoxy groups -OCH3 is 2. The van der Waals surface area contributed by atoms with E-state index in [0.717, 1.165) is 32.1 Å². The summed E-state index contributed by atoms with van der Waals surface area (Å²) in [6.45, 7) is 9.21. The Bertz CT molecular complexity index is 1240. The lowest BCUT2D eigenvalue weighted by molar-refractivity contribution is -0.133. The molecule has 1 aliphatic rings. The molecule has 5 atom stereocenters. The number of rotatable bonds is 27. The van der Waals surface area contributed by atoms with Gasteiger partial charge in [-0.3, -0.25) is 15.0 Å². The van der Waals surface area contributed by atoms with E-state index >= 15 is 0 Å². The molecule has 1 unspecified atom stereocenters. The van der Waals surface area contributed by atoms with Crippen LogP contribution in [0.1, 0.15) is 71.4 Å². The normalized spacial score (nSPS) is 16.3. The Morgan fingerprint density at radius 1 is 0.764 bits per heavy atom. The lowest BCUT2D eigenvalue weighted by Gasteiger charge is -2.37. The molecule has 55 heavy (non-hydrogen) atoms. The number of amides is 3. The largest absolute Gasteiger partial charge is 0.447 e. The van der Waals surface area contributed by atoms with Gasteiger partial charge in [-0.2, -0.15) is 0 Å². The smallest absolute Gasteiger partial charge is 0.407 e. The van der Waals surface area contributed by atoms with Crippen molar-refractivity contribution in [3.05, 3.63) is 35.9 Å². The van der Waals surface area contributed by atoms with Gasteiger partial charge in [0.2, 0.25) is 0 Å². The number of carbonyl (C=O) groups excluding carboxylic acids is 4. The Morgan fingerprint density at radius 2 is 1.27 bits per heavy atom. The van der Waals surface area contributed by atoms with Gasteiger partial charge in [0.25, 0.3) is 5.91 Å². The van der Waals surface area contributed by atoms with Gasteiger partial charge in [-0.05, 0) is 36.2 Å². The van der Waals surface area contributed by atoms with Gasteiger partial charge in [-0.15, -0.1) is 0 Å². The monoisotopic (exact) mass is 781 g/mol. The van der Waals surface area contributed by atoms with E-state index in [1.165, 1.54) is 0 Å². The molecule has 0 radical (unpaired) electrons. The molecule has 1 saturated carbocycles. The molecule has 1 aliphatic carbocycles. The molecular formula is C39H67N5O11. The molecular weight excluding hydrogens is 714 g/mol. The Hall–Kier alpha value is -3.38. The summed E-state index contributed by atoms with van der Waals surface area (Å²) in [7, 11) is 3.12. The third-order valence-corrected chi connectivity index (χ3v) is 9.45. The lowest BCUT2D eigenvalue weighted by Crippen LogP contribution is -2.58. The van der Waals surface area contributed by atoms with Gasteiger partial charge in [0, 0.05) is 33.4 Å². The fraction of sp³-hybridized carbons (Fsp3) is 0.744. The predicted molar refractivity (Wildman–Crippen MR) is 206 cm³/mol. The zero-order valence-electron chi connectivity index (χ0n) is 33.7. The molecule has 1 fully saturated rings. The van der Waals surface area contributed by atoms with Crippen molar-refractivity contribution in [2.24, 2.45) is 29.4 Å². The number of nitrogens with two attached hydrogens (primary N) is 1. The number of aliphatic hydroxyl groups is 1. The van der Waals surface area contributed by atoms with E-state index in [9.17, 15) is 24.3 Å². The first kappa shape index (κ1) is 47.8. The molecule has 0 bridgehead atoms. The first-order chi connectivity index (χ1) is 26.4. The highest BCUT2D eigenvalue weighted by molar-refractivity contribution is 5.90. The van der Waals surface area contributed by atoms with Crippen LogP contribution in [0, 0.1) is 23.7 Å². The number of aliphatic hydroxyl groups excluding tert-OH is 1. The second-order valence-electron chi connectivity index (χ2n) is 14.5. The molecule has 314 valence electrons. The van der Waals surface area contributed by atoms with Gasteiger partial charge in [-0.25, -0.2) is 14.6 Å². The second kappa shape index (κ2) is 27.3. The molecule has 16 nitrogen and oxygen atoms in total. The minimum atomic E-state index is -1.38. The van der Waals surface area contributed by atoms with Gasteiger partial charge in [0.1, 0.15) is 19.3 Å². The fourth-order valence-corrected chi connectivity index (χ4v) is 6.42. The van der Waals surface area contributed by atoms with Crippen LogP contribution in [0.2, 0.25) is 0 Å². The summed E-state index contributed by atoms with van der Waals surface area (Å²) in [4.78, 5) is 53.8. The van der Waals surface area contributed by atoms with Gasteiger partial charge in [0.05, 0.1) is 57.7 Å². The molecule has 2 rings (SSSR count). The number of carbonyl (C=O) groups is 4. The van der Waals surface area contributed by atoms with Crippen molar-refractivity contribution in [2.45, 2.75) is 84.0 Å². The Labute approximate surface area is 326 Å². The maximum Gasteiger partial charge on any atom is 0.407 e. The Balaban J connectivity index is 2.29. The minimum absolute atomic E-state index is 0.00763. The van der Waals surface area contributed by atoms with Crippen molar-refractivity contribution in [3.8, 4) is 0 Å². The number of benzene rings is 1. The number of hydrogen-bond acceptors (Lipinski definition) is 13. The summed E-state index contributed by atoms with van der Waals surface area (Å²) in [5.74, 6) is -2.65. The lowest BCUT2D eigenvalue weighted by atomic mass is 9.80. The maximum absolute atomic E-state index is 14.5. The third-order valence-electron chi connectivity index (χ3n) is 9.45. The average Bonchev–Trinajstić information content (AvgIpc) is 3.16. The number of hydrazine groups is 1. The van der Waals surface area contributed by atoms with Crippen LogP contribution in [-0.2, 0) is 38.0 Å². The summed E-state index contributed by atoms with van der Waals surface area (Å²) in [5, 5.41) is 19.0. The van der Waals surface area contributed by atoms with Crippen molar-refractivity contribution < 1.29 is 52.7 Å². The molecule has 0 aromatic heterocycles. The number of nitrogens with one attached hydrogen (secondary N) is 3. The van der Waals surface area contributed by atoms with E-state index < -0.39 is 54.0 Å². The molecule has 1 aromatic carbocycles. The van der Waals surface area contributed by atoms with Crippen molar-refractivity contribution in [1.29, 1.82) is 0 Å². The number of ether oxygens (including phenoxy) is 6. The number of alkyl carbamates (subject to hydrolysis) is 2. The van der Waals surface area contributed by atoms with Gasteiger partial charge >= 0.3 is 12.2 Å². The van der Waals surface area contributed by atoms with E-state index in [4.69, 9.17) is 34.2 Å². The predicted octanol–water partition coefficient (Wildman–Crippen LogP) is 2.97. The van der Waals surface area contributed by atoms with Crippen LogP contribution in [-0.4, -0.2) is 132 Å². The van der Waals surface area contributed by atoms with Crippen LogP contribution < -0.4 is 21.8 Å². The zero-order chi connectivity index (χ0) is 40.6. The van der Waals surface area contributed by atoms with Crippen LogP contribution in [0.4, 0.5) is 9.59 Å². The average molecular weight is 782 g/mol. The SMILES string of the molecule is COCCOCCOC(=O)N[C@H](C(=O)NN(CC1CCCCC1)C[C@@H](O)[C@@H](C(=O)[C@@H](NC(=O)OCCOCCOC)C(C)C)C(N)c1ccccc1)C(C)C. The van der Waals surface area contributed by atoms with Crippen molar-refractivity contribution in [2.75, 3.05) is 80.2 Å². The number of ketones is 1. The van der Waals surface area contributed by atoms with Crippen LogP contribution >= 0.6 is 0 Å². The minimum Gasteiger partial charge on any atom is -0.447 e. The van der Waals surface area contributed by atoms with Crippen LogP contribution in [0.3, 0.4) is 0 Å². The van der Waals surface area contributed by atoms with Crippen LogP contribution in [0.25, 0.3) is 0 Å². The highest BCUT2D eigenvalue weighted by atomic mass is 16.6. The molecule has 6 N–H and O–H groups in total. The summed E-state index contributed by atoms with van der Waals surface area (Å²) in [5.41, 5.74) is 10.3. The second-order valence-corrected chi connectivity index (χ2v) is 14.5. The molecule has 0 aliphatic heterocycles. The van der Waals surface area contributed by atoms with Crippen LogP contribution in [0.5, 0.6) is 0 Å². The maximum atomic E-state index is 14.5. The number of hydrogen-bond donors (Lipinski definition) is 5. The molecule has 0 saturated heterocycles. The Kier molecular flexibility index (Phi) is 23.7. The Morgan fingerprint density at radius 3 is 1.78 bits per heavy atom. The van der Waals surface area contributed by atoms with Crippen molar-refractivity contribution in [3.63, 3.8) is 0 Å². The standard InChI is InChI=1S/C39H67N5O11/c1-27(2)34(41-38(48)54-23-21-52-19-17-50-5)36(46)32(33(40)30-15-11-8-12-16-30)31(45)26-44(25-29-13-9-7-10-14-29)43-37(47)35(28(3)4)42-39(49)55-24-22-53-20-18-51-6/h8,11-12,15-16,27-29,31-35,45H,7,9-10,13-14,17-26,40H2,1-6H3,(H,41,48)(H,42,49)(H,43,47)/t31-,32-,33?,34+,35+/m1/s1. The summed E-state index contributed by atoms with van der Waals surface area (Å²) < 4.78 is 31.1. The molecule has 0 heterocycles. The quantitative estimate of drug-likeness (QED) is 0.0644. The van der Waals surface area contributed by atoms with E-state index in [0.29, 0.717) is 38.5 Å². The van der Waals surface area contributed by atoms with Gasteiger partial charge < -0.3 is 49.9 Å². The van der Waals surface area contributed by atoms with E-state index in [-0.39, 0.29) is 50.7 Å². The highest BCUT2D eigenvalue weighted by Gasteiger charge is 2.40. The van der Waals surface area contributed by atoms with E-state index in [2.05, 4.69) is 16.1 Å². The topological polar surface area (TPSA) is 209 Å². The fourth-order valence-electron chi connectivity index (χ4n) is 6.42. The zero-order valence-corrected chi connectivity index (χ0v) is 33.7. The molecule has 1 aromatic rings. The summed E-state index contributed by atoms with van der Waals surface area (Å²) >= 11 is 0. The highest BCUT2D eigenvalue weighted by Crippen LogP contribution is 2.28. The van der Waals surface area contributed by atoms with Gasteiger partial charge in [-0.1, -0.05) is 77.3 Å². The number of Topliss-reactive ketones (excluding diaryl/α,β-unsaturated/α-hetero) is 1. The van der Waals surface area contributed by atoms with Crippen molar-refractivity contribution >= 4 is 23.9 Å². The van der Waals surface area contributed by atoms with Crippen LogP contribution in [0.15, 0.2) is 30.3 Å². The number of nitrogens with zero attached hydrogens (tertiary/aromatic N) is 1. The molecule has 0 spiro atoms. The first-order valence-corrected chi connectivity index (χ1v) is 19.5. The van der Waals surface area contributed by atoms with E-state index in [1.807, 2.05) is 6.07 Å². The summed E-state index contributed by atoms with van der Waals surface area (Å²) in [6, 6.07) is 5.98.